The van der Waals surface area contributed by atoms with Crippen molar-refractivity contribution in [3.8, 4) is 5.75 Å². The van der Waals surface area contributed by atoms with Crippen molar-refractivity contribution in [2.45, 2.75) is 20.0 Å². The zero-order valence-electron chi connectivity index (χ0n) is 13.8. The molecule has 0 heterocycles. The van der Waals surface area contributed by atoms with Gasteiger partial charge in [-0.25, -0.2) is 8.78 Å². The summed E-state index contributed by atoms with van der Waals surface area (Å²) in [6.45, 7) is 3.97. The van der Waals surface area contributed by atoms with E-state index >= 15 is 0 Å². The summed E-state index contributed by atoms with van der Waals surface area (Å²) >= 11 is 0. The van der Waals surface area contributed by atoms with Crippen LogP contribution in [-0.2, 0) is 9.63 Å². The van der Waals surface area contributed by atoms with E-state index in [4.69, 9.17) is 9.57 Å². The number of halogens is 2. The molecule has 0 aromatic heterocycles. The summed E-state index contributed by atoms with van der Waals surface area (Å²) in [7, 11) is 0. The monoisotopic (exact) mass is 348 g/mol. The van der Waals surface area contributed by atoms with E-state index in [9.17, 15) is 13.6 Å². The van der Waals surface area contributed by atoms with Crippen LogP contribution in [0.3, 0.4) is 0 Å². The largest absolute Gasteiger partial charge is 0.494 e. The Labute approximate surface area is 144 Å². The molecule has 5 nitrogen and oxygen atoms in total. The Hall–Kier alpha value is -2.96. The topological polar surface area (TPSA) is 59.9 Å². The number of rotatable bonds is 7. The molecular formula is C18H18F2N2O3. The second kappa shape index (κ2) is 8.77. The summed E-state index contributed by atoms with van der Waals surface area (Å²) in [4.78, 5) is 17.0. The van der Waals surface area contributed by atoms with Gasteiger partial charge in [-0.2, -0.15) is 0 Å². The molecule has 1 N–H and O–H groups in total. The Bertz CT molecular complexity index is 748. The summed E-state index contributed by atoms with van der Waals surface area (Å²) in [5.74, 6) is -1.81. The third-order valence-corrected chi connectivity index (χ3v) is 3.17. The molecule has 0 aliphatic rings. The Morgan fingerprint density at radius 1 is 1.20 bits per heavy atom. The first-order chi connectivity index (χ1) is 12.0. The van der Waals surface area contributed by atoms with Crippen LogP contribution in [0.4, 0.5) is 14.5 Å². The molecule has 0 saturated heterocycles. The van der Waals surface area contributed by atoms with Crippen LogP contribution in [0.2, 0.25) is 0 Å². The van der Waals surface area contributed by atoms with Gasteiger partial charge in [-0.15, -0.1) is 0 Å². The molecule has 25 heavy (non-hydrogen) atoms. The summed E-state index contributed by atoms with van der Waals surface area (Å²) in [6, 6.07) is 10.3. The fraction of sp³-hybridized carbons (Fsp3) is 0.222. The standard InChI is InChI=1S/C18H18F2N2O3/c1-3-24-15-7-4-13(5-8-15)11-21-25-12(2)18(23)22-14-6-9-16(19)17(20)10-14/h4-12H,3H2,1-2H3,(H,22,23)/b21-11+. The molecule has 7 heteroatoms. The molecule has 2 rings (SSSR count). The van der Waals surface area contributed by atoms with Crippen molar-refractivity contribution < 1.29 is 23.1 Å². The lowest BCUT2D eigenvalue weighted by atomic mass is 10.2. The number of carbonyl (C=O) groups excluding carboxylic acids is 1. The van der Waals surface area contributed by atoms with Crippen molar-refractivity contribution >= 4 is 17.8 Å². The first kappa shape index (κ1) is 18.4. The first-order valence-electron chi connectivity index (χ1n) is 7.67. The van der Waals surface area contributed by atoms with Crippen LogP contribution < -0.4 is 10.1 Å². The molecule has 0 radical (unpaired) electrons. The molecule has 1 unspecified atom stereocenters. The van der Waals surface area contributed by atoms with E-state index in [1.165, 1.54) is 19.2 Å². The lowest BCUT2D eigenvalue weighted by molar-refractivity contribution is -0.126. The van der Waals surface area contributed by atoms with Crippen LogP contribution >= 0.6 is 0 Å². The van der Waals surface area contributed by atoms with Gasteiger partial charge in [0.2, 0.25) is 6.10 Å². The molecular weight excluding hydrogens is 330 g/mol. The summed E-state index contributed by atoms with van der Waals surface area (Å²) < 4.78 is 31.3. The highest BCUT2D eigenvalue weighted by Gasteiger charge is 2.15. The highest BCUT2D eigenvalue weighted by molar-refractivity contribution is 5.93. The number of nitrogens with one attached hydrogen (secondary N) is 1. The number of carbonyl (C=O) groups is 1. The molecule has 0 saturated carbocycles. The minimum absolute atomic E-state index is 0.134. The predicted octanol–water partition coefficient (Wildman–Crippen LogP) is 3.74. The van der Waals surface area contributed by atoms with Gasteiger partial charge in [0.05, 0.1) is 12.8 Å². The molecule has 132 valence electrons. The second-order valence-electron chi connectivity index (χ2n) is 5.10. The number of benzene rings is 2. The van der Waals surface area contributed by atoms with Crippen LogP contribution in [0.25, 0.3) is 0 Å². The maximum absolute atomic E-state index is 13.1. The van der Waals surface area contributed by atoms with Crippen molar-refractivity contribution in [1.29, 1.82) is 0 Å². The number of amides is 1. The highest BCUT2D eigenvalue weighted by atomic mass is 19.2. The number of hydrogen-bond donors (Lipinski definition) is 1. The number of anilines is 1. The zero-order valence-corrected chi connectivity index (χ0v) is 13.8. The van der Waals surface area contributed by atoms with Crippen molar-refractivity contribution in [3.05, 3.63) is 59.7 Å². The van der Waals surface area contributed by atoms with E-state index in [-0.39, 0.29) is 5.69 Å². The average molecular weight is 348 g/mol. The zero-order chi connectivity index (χ0) is 18.2. The maximum Gasteiger partial charge on any atom is 0.267 e. The van der Waals surface area contributed by atoms with E-state index in [2.05, 4.69) is 10.5 Å². The molecule has 0 aliphatic heterocycles. The smallest absolute Gasteiger partial charge is 0.267 e. The van der Waals surface area contributed by atoms with Crippen molar-refractivity contribution in [2.24, 2.45) is 5.16 Å². The van der Waals surface area contributed by atoms with E-state index < -0.39 is 23.6 Å². The normalized spacial score (nSPS) is 12.0. The molecule has 0 aliphatic carbocycles. The van der Waals surface area contributed by atoms with Crippen LogP contribution in [0, 0.1) is 11.6 Å². The lowest BCUT2D eigenvalue weighted by Gasteiger charge is -2.10. The number of hydrogen-bond acceptors (Lipinski definition) is 4. The molecule has 1 amide bonds. The molecule has 0 bridgehead atoms. The van der Waals surface area contributed by atoms with Crippen LogP contribution in [-0.4, -0.2) is 24.8 Å². The minimum atomic E-state index is -1.04. The van der Waals surface area contributed by atoms with Crippen molar-refractivity contribution in [2.75, 3.05) is 11.9 Å². The van der Waals surface area contributed by atoms with Gasteiger partial charge in [-0.3, -0.25) is 4.79 Å². The molecule has 1 atom stereocenters. The minimum Gasteiger partial charge on any atom is -0.494 e. The SMILES string of the molecule is CCOc1ccc(/C=N/OC(C)C(=O)Nc2ccc(F)c(F)c2)cc1. The van der Waals surface area contributed by atoms with E-state index in [1.54, 1.807) is 24.3 Å². The third kappa shape index (κ3) is 5.56. The molecule has 2 aromatic carbocycles. The maximum atomic E-state index is 13.1. The number of nitrogens with zero attached hydrogens (tertiary/aromatic N) is 1. The third-order valence-electron chi connectivity index (χ3n) is 3.17. The van der Waals surface area contributed by atoms with Crippen LogP contribution in [0.5, 0.6) is 5.75 Å². The van der Waals surface area contributed by atoms with Gasteiger partial charge in [-0.1, -0.05) is 5.16 Å². The van der Waals surface area contributed by atoms with Gasteiger partial charge in [0, 0.05) is 11.8 Å². The lowest BCUT2D eigenvalue weighted by Crippen LogP contribution is -2.26. The molecule has 0 spiro atoms. The van der Waals surface area contributed by atoms with Gasteiger partial charge in [-0.05, 0) is 55.8 Å². The number of oxime groups is 1. The fourth-order valence-corrected chi connectivity index (χ4v) is 1.87. The molecule has 0 fully saturated rings. The van der Waals surface area contributed by atoms with Gasteiger partial charge < -0.3 is 14.9 Å². The van der Waals surface area contributed by atoms with Crippen molar-refractivity contribution in [3.63, 3.8) is 0 Å². The summed E-state index contributed by atoms with van der Waals surface area (Å²) in [6.07, 6.45) is 0.545. The Morgan fingerprint density at radius 3 is 2.56 bits per heavy atom. The first-order valence-corrected chi connectivity index (χ1v) is 7.67. The molecule has 2 aromatic rings. The van der Waals surface area contributed by atoms with Crippen LogP contribution in [0.1, 0.15) is 19.4 Å². The number of ether oxygens (including phenoxy) is 1. The van der Waals surface area contributed by atoms with Crippen LogP contribution in [0.15, 0.2) is 47.6 Å². The van der Waals surface area contributed by atoms with Gasteiger partial charge in [0.1, 0.15) is 5.75 Å². The second-order valence-corrected chi connectivity index (χ2v) is 5.10. The van der Waals surface area contributed by atoms with Gasteiger partial charge >= 0.3 is 0 Å². The van der Waals surface area contributed by atoms with Gasteiger partial charge in [0.25, 0.3) is 5.91 Å². The Kier molecular flexibility index (Phi) is 6.45. The summed E-state index contributed by atoms with van der Waals surface area (Å²) in [5, 5.41) is 6.17. The average Bonchev–Trinajstić information content (AvgIpc) is 2.60. The fourth-order valence-electron chi connectivity index (χ4n) is 1.87. The van der Waals surface area contributed by atoms with Gasteiger partial charge in [0.15, 0.2) is 11.6 Å². The van der Waals surface area contributed by atoms with E-state index in [0.717, 1.165) is 23.4 Å². The Balaban J connectivity index is 1.86. The van der Waals surface area contributed by atoms with E-state index in [1.807, 2.05) is 6.92 Å². The van der Waals surface area contributed by atoms with Crippen molar-refractivity contribution in [1.82, 2.24) is 0 Å². The van der Waals surface area contributed by atoms with E-state index in [0.29, 0.717) is 6.61 Å². The Morgan fingerprint density at radius 2 is 1.92 bits per heavy atom. The quantitative estimate of drug-likeness (QED) is 0.612. The highest BCUT2D eigenvalue weighted by Crippen LogP contribution is 2.14. The predicted molar refractivity (Wildman–Crippen MR) is 90.7 cm³/mol. The summed E-state index contributed by atoms with van der Waals surface area (Å²) in [5.41, 5.74) is 0.909.